The summed E-state index contributed by atoms with van der Waals surface area (Å²) in [5.41, 5.74) is 0.0405. The SMILES string of the molecule is COc1ccc(Cn2c(-c3ccc(F)cc3F)nc3sc([S+](C)[O-])nc3c2=O)c(OC)c1. The number of nitrogens with zero attached hydrogens (tertiary/aromatic N) is 3. The first-order valence-electron chi connectivity index (χ1n) is 9.23. The van der Waals surface area contributed by atoms with Crippen LogP contribution in [-0.4, -0.2) is 39.6 Å². The van der Waals surface area contributed by atoms with Crippen LogP contribution in [0.15, 0.2) is 45.5 Å². The molecule has 2 aromatic carbocycles. The fourth-order valence-corrected chi connectivity index (χ4v) is 4.78. The zero-order valence-electron chi connectivity index (χ0n) is 17.2. The van der Waals surface area contributed by atoms with Crippen molar-refractivity contribution >= 4 is 32.9 Å². The summed E-state index contributed by atoms with van der Waals surface area (Å²) >= 11 is -0.429. The smallest absolute Gasteiger partial charge is 0.304 e. The molecule has 4 rings (SSSR count). The molecule has 0 bridgehead atoms. The van der Waals surface area contributed by atoms with Gasteiger partial charge in [-0.25, -0.2) is 13.8 Å². The van der Waals surface area contributed by atoms with Crippen molar-refractivity contribution in [2.75, 3.05) is 20.5 Å². The fourth-order valence-electron chi connectivity index (χ4n) is 3.19. The van der Waals surface area contributed by atoms with Gasteiger partial charge in [0, 0.05) is 28.9 Å². The Morgan fingerprint density at radius 3 is 2.56 bits per heavy atom. The van der Waals surface area contributed by atoms with E-state index in [4.69, 9.17) is 9.47 Å². The third-order valence-corrected chi connectivity index (χ3v) is 7.02. The molecule has 0 radical (unpaired) electrons. The molecule has 32 heavy (non-hydrogen) atoms. The van der Waals surface area contributed by atoms with Gasteiger partial charge in [0.2, 0.25) is 0 Å². The highest BCUT2D eigenvalue weighted by atomic mass is 32.2. The molecule has 0 aliphatic rings. The maximum absolute atomic E-state index is 14.7. The summed E-state index contributed by atoms with van der Waals surface area (Å²) in [6.45, 7) is -0.0246. The Morgan fingerprint density at radius 2 is 1.91 bits per heavy atom. The molecule has 0 aliphatic heterocycles. The second-order valence-electron chi connectivity index (χ2n) is 6.72. The van der Waals surface area contributed by atoms with Crippen LogP contribution in [0.4, 0.5) is 8.78 Å². The van der Waals surface area contributed by atoms with Crippen LogP contribution in [0, 0.1) is 11.6 Å². The van der Waals surface area contributed by atoms with E-state index < -0.39 is 28.4 Å². The van der Waals surface area contributed by atoms with Gasteiger partial charge in [-0.15, -0.1) is 0 Å². The van der Waals surface area contributed by atoms with Gasteiger partial charge in [-0.3, -0.25) is 9.36 Å². The van der Waals surface area contributed by atoms with Gasteiger partial charge in [0.1, 0.15) is 35.2 Å². The molecule has 0 fully saturated rings. The Bertz CT molecular complexity index is 1370. The van der Waals surface area contributed by atoms with Gasteiger partial charge in [0.15, 0.2) is 10.3 Å². The summed E-state index contributed by atoms with van der Waals surface area (Å²) < 4.78 is 52.2. The minimum Gasteiger partial charge on any atom is -0.610 e. The van der Waals surface area contributed by atoms with Crippen LogP contribution in [0.5, 0.6) is 11.5 Å². The third-order valence-electron chi connectivity index (χ3n) is 4.74. The summed E-state index contributed by atoms with van der Waals surface area (Å²) in [5.74, 6) is -0.605. The Labute approximate surface area is 188 Å². The van der Waals surface area contributed by atoms with Crippen LogP contribution >= 0.6 is 11.3 Å². The number of hydrogen-bond acceptors (Lipinski definition) is 7. The van der Waals surface area contributed by atoms with Gasteiger partial charge in [0.25, 0.3) is 5.56 Å². The molecule has 1 atom stereocenters. The van der Waals surface area contributed by atoms with Crippen LogP contribution in [0.1, 0.15) is 5.56 Å². The lowest BCUT2D eigenvalue weighted by Crippen LogP contribution is -2.24. The number of ether oxygens (including phenoxy) is 2. The molecule has 0 saturated carbocycles. The summed E-state index contributed by atoms with van der Waals surface area (Å²) in [6, 6.07) is 8.11. The largest absolute Gasteiger partial charge is 0.610 e. The van der Waals surface area contributed by atoms with Crippen molar-refractivity contribution in [3.63, 3.8) is 0 Å². The average molecular weight is 478 g/mol. The van der Waals surface area contributed by atoms with Gasteiger partial charge < -0.3 is 14.0 Å². The highest BCUT2D eigenvalue weighted by Crippen LogP contribution is 2.30. The van der Waals surface area contributed by atoms with E-state index in [1.807, 2.05) is 0 Å². The predicted octanol–water partition coefficient (Wildman–Crippen LogP) is 3.60. The summed E-state index contributed by atoms with van der Waals surface area (Å²) in [5, 5.41) is 0. The fraction of sp³-hybridized carbons (Fsp3) is 0.190. The Balaban J connectivity index is 1.97. The molecular formula is C21H17F2N3O4S2. The number of benzene rings is 2. The van der Waals surface area contributed by atoms with E-state index in [-0.39, 0.29) is 32.6 Å². The monoisotopic (exact) mass is 477 g/mol. The highest BCUT2D eigenvalue weighted by molar-refractivity contribution is 7.92. The maximum Gasteiger partial charge on any atom is 0.304 e. The van der Waals surface area contributed by atoms with Crippen molar-refractivity contribution in [3.05, 3.63) is 63.9 Å². The second-order valence-corrected chi connectivity index (χ2v) is 9.25. The summed E-state index contributed by atoms with van der Waals surface area (Å²) in [4.78, 5) is 22.2. The van der Waals surface area contributed by atoms with Crippen LogP contribution in [-0.2, 0) is 17.7 Å². The number of fused-ring (bicyclic) bond motifs is 1. The molecule has 0 aliphatic carbocycles. The van der Waals surface area contributed by atoms with E-state index in [2.05, 4.69) is 9.97 Å². The van der Waals surface area contributed by atoms with Crippen molar-refractivity contribution < 1.29 is 22.8 Å². The number of methoxy groups -OCH3 is 2. The molecular weight excluding hydrogens is 460 g/mol. The van der Waals surface area contributed by atoms with Gasteiger partial charge in [-0.1, -0.05) is 0 Å². The first-order chi connectivity index (χ1) is 15.3. The minimum atomic E-state index is -1.42. The molecule has 4 aromatic rings. The van der Waals surface area contributed by atoms with Gasteiger partial charge in [-0.05, 0) is 35.6 Å². The molecule has 1 unspecified atom stereocenters. The van der Waals surface area contributed by atoms with Crippen LogP contribution in [0.3, 0.4) is 0 Å². The number of rotatable bonds is 6. The summed E-state index contributed by atoms with van der Waals surface area (Å²) in [7, 11) is 3.00. The second kappa shape index (κ2) is 8.85. The average Bonchev–Trinajstić information content (AvgIpc) is 3.21. The maximum atomic E-state index is 14.7. The number of aromatic nitrogens is 3. The first kappa shape index (κ1) is 22.2. The number of halogens is 2. The summed E-state index contributed by atoms with van der Waals surface area (Å²) in [6.07, 6.45) is 1.44. The molecule has 166 valence electrons. The van der Waals surface area contributed by atoms with Crippen molar-refractivity contribution in [1.29, 1.82) is 0 Å². The molecule has 0 amide bonds. The lowest BCUT2D eigenvalue weighted by atomic mass is 10.1. The van der Waals surface area contributed by atoms with Crippen LogP contribution in [0.25, 0.3) is 21.7 Å². The predicted molar refractivity (Wildman–Crippen MR) is 118 cm³/mol. The molecule has 0 saturated heterocycles. The minimum absolute atomic E-state index is 0.00467. The Morgan fingerprint density at radius 1 is 1.12 bits per heavy atom. The van der Waals surface area contributed by atoms with E-state index >= 15 is 0 Å². The zero-order chi connectivity index (χ0) is 23.0. The number of hydrogen-bond donors (Lipinski definition) is 0. The van der Waals surface area contributed by atoms with Crippen LogP contribution in [0.2, 0.25) is 0 Å². The van der Waals surface area contributed by atoms with Gasteiger partial charge in [0.05, 0.1) is 26.3 Å². The van der Waals surface area contributed by atoms with Crippen molar-refractivity contribution in [3.8, 4) is 22.9 Å². The highest BCUT2D eigenvalue weighted by Gasteiger charge is 2.23. The first-order valence-corrected chi connectivity index (χ1v) is 11.6. The number of thiazole rings is 1. The lowest BCUT2D eigenvalue weighted by Gasteiger charge is -2.15. The quantitative estimate of drug-likeness (QED) is 0.394. The van der Waals surface area contributed by atoms with E-state index in [0.29, 0.717) is 17.1 Å². The molecule has 0 N–H and O–H groups in total. The normalized spacial score (nSPS) is 12.2. The Kier molecular flexibility index (Phi) is 6.13. The van der Waals surface area contributed by atoms with Crippen molar-refractivity contribution in [2.24, 2.45) is 0 Å². The molecule has 0 spiro atoms. The van der Waals surface area contributed by atoms with Crippen LogP contribution < -0.4 is 15.0 Å². The van der Waals surface area contributed by atoms with E-state index in [9.17, 15) is 18.1 Å². The third kappa shape index (κ3) is 4.06. The van der Waals surface area contributed by atoms with Crippen molar-refractivity contribution in [1.82, 2.24) is 14.5 Å². The molecule has 7 nitrogen and oxygen atoms in total. The van der Waals surface area contributed by atoms with Crippen molar-refractivity contribution in [2.45, 2.75) is 10.9 Å². The van der Waals surface area contributed by atoms with Gasteiger partial charge in [-0.2, -0.15) is 4.98 Å². The Hall–Kier alpha value is -3.02. The van der Waals surface area contributed by atoms with Gasteiger partial charge >= 0.3 is 4.34 Å². The standard InChI is InChI=1S/C21H17F2N3O4S2/c1-29-13-6-4-11(16(9-13)30-2)10-26-18(14-7-5-12(22)8-15(14)23)25-19-17(20(26)27)24-21(31-19)32(3)28/h4-9H,10H2,1-3H3. The topological polar surface area (TPSA) is 89.3 Å². The molecule has 2 heterocycles. The molecule has 2 aromatic heterocycles. The van der Waals surface area contributed by atoms with E-state index in [1.165, 1.54) is 31.1 Å². The zero-order valence-corrected chi connectivity index (χ0v) is 18.9. The molecule has 11 heteroatoms. The lowest BCUT2D eigenvalue weighted by molar-refractivity contribution is 0.390. The van der Waals surface area contributed by atoms with E-state index in [1.54, 1.807) is 18.2 Å². The van der Waals surface area contributed by atoms with E-state index in [0.717, 1.165) is 23.5 Å².